The van der Waals surface area contributed by atoms with E-state index in [0.29, 0.717) is 11.3 Å². The number of hydrogen-bond acceptors (Lipinski definition) is 2. The third-order valence-electron chi connectivity index (χ3n) is 4.58. The number of amides is 1. The molecule has 0 bridgehead atoms. The molecule has 116 valence electrons. The summed E-state index contributed by atoms with van der Waals surface area (Å²) in [5, 5.41) is 2.82. The molecular formula is C17H31NO2. The maximum Gasteiger partial charge on any atom is 0.223 e. The van der Waals surface area contributed by atoms with Crippen molar-refractivity contribution in [1.82, 2.24) is 5.32 Å². The van der Waals surface area contributed by atoms with Gasteiger partial charge in [0, 0.05) is 11.3 Å². The lowest BCUT2D eigenvalue weighted by molar-refractivity contribution is -0.131. The highest BCUT2D eigenvalue weighted by Gasteiger charge is 2.32. The van der Waals surface area contributed by atoms with Gasteiger partial charge >= 0.3 is 0 Å². The summed E-state index contributed by atoms with van der Waals surface area (Å²) in [6.07, 6.45) is 4.15. The molecule has 3 heteroatoms. The Hall–Kier alpha value is -0.860. The second kappa shape index (κ2) is 6.28. The van der Waals surface area contributed by atoms with E-state index in [1.807, 2.05) is 20.8 Å². The third-order valence-corrected chi connectivity index (χ3v) is 4.58. The smallest absolute Gasteiger partial charge is 0.223 e. The summed E-state index contributed by atoms with van der Waals surface area (Å²) in [5.41, 5.74) is -0.0409. The number of carbonyl (C=O) groups excluding carboxylic acids is 2. The summed E-state index contributed by atoms with van der Waals surface area (Å²) in [6.45, 7) is 12.7. The molecule has 0 aliphatic heterocycles. The molecule has 0 saturated heterocycles. The molecule has 1 rings (SSSR count). The quantitative estimate of drug-likeness (QED) is 0.859. The van der Waals surface area contributed by atoms with Crippen molar-refractivity contribution in [2.24, 2.45) is 22.7 Å². The van der Waals surface area contributed by atoms with Gasteiger partial charge in [0.25, 0.3) is 0 Å². The summed E-state index contributed by atoms with van der Waals surface area (Å²) in [4.78, 5) is 23.9. The Morgan fingerprint density at radius 1 is 0.950 bits per heavy atom. The summed E-state index contributed by atoms with van der Waals surface area (Å²) in [6, 6.07) is 0. The Balaban J connectivity index is 2.39. The van der Waals surface area contributed by atoms with E-state index in [2.05, 4.69) is 26.1 Å². The van der Waals surface area contributed by atoms with E-state index < -0.39 is 0 Å². The highest BCUT2D eigenvalue weighted by molar-refractivity contribution is 5.89. The van der Waals surface area contributed by atoms with Crippen LogP contribution < -0.4 is 5.32 Å². The van der Waals surface area contributed by atoms with Crippen LogP contribution in [0.1, 0.15) is 67.2 Å². The minimum absolute atomic E-state index is 0.0648. The molecule has 0 atom stereocenters. The summed E-state index contributed by atoms with van der Waals surface area (Å²) >= 11 is 0. The zero-order chi connectivity index (χ0) is 15.6. The van der Waals surface area contributed by atoms with E-state index in [9.17, 15) is 9.59 Å². The Kier molecular flexibility index (Phi) is 5.39. The van der Waals surface area contributed by atoms with E-state index in [1.165, 1.54) is 0 Å². The van der Waals surface area contributed by atoms with Gasteiger partial charge in [-0.05, 0) is 37.0 Å². The number of rotatable bonds is 3. The molecule has 0 aromatic rings. The van der Waals surface area contributed by atoms with Crippen LogP contribution in [0.4, 0.5) is 0 Å². The lowest BCUT2D eigenvalue weighted by atomic mass is 9.69. The van der Waals surface area contributed by atoms with Crippen molar-refractivity contribution in [2.75, 3.05) is 6.54 Å². The SMILES string of the molecule is CC(C)(C)C(=O)CNC(=O)C1CCC(C(C)(C)C)CC1. The van der Waals surface area contributed by atoms with Gasteiger partial charge < -0.3 is 5.32 Å². The number of nitrogens with one attached hydrogen (secondary N) is 1. The van der Waals surface area contributed by atoms with Crippen LogP contribution in [0, 0.1) is 22.7 Å². The van der Waals surface area contributed by atoms with Gasteiger partial charge in [-0.2, -0.15) is 0 Å². The summed E-state index contributed by atoms with van der Waals surface area (Å²) < 4.78 is 0. The van der Waals surface area contributed by atoms with E-state index in [0.717, 1.165) is 25.7 Å². The van der Waals surface area contributed by atoms with Crippen molar-refractivity contribution in [3.05, 3.63) is 0 Å². The second-order valence-electron chi connectivity index (χ2n) is 8.31. The molecule has 1 amide bonds. The molecular weight excluding hydrogens is 250 g/mol. The topological polar surface area (TPSA) is 46.2 Å². The number of hydrogen-bond donors (Lipinski definition) is 1. The minimum Gasteiger partial charge on any atom is -0.349 e. The van der Waals surface area contributed by atoms with E-state index in [4.69, 9.17) is 0 Å². The third kappa shape index (κ3) is 4.92. The lowest BCUT2D eigenvalue weighted by Crippen LogP contribution is -2.40. The van der Waals surface area contributed by atoms with Crippen molar-refractivity contribution in [1.29, 1.82) is 0 Å². The van der Waals surface area contributed by atoms with Crippen LogP contribution in [0.3, 0.4) is 0 Å². The van der Waals surface area contributed by atoms with Gasteiger partial charge in [-0.15, -0.1) is 0 Å². The molecule has 0 radical (unpaired) electrons. The fourth-order valence-corrected chi connectivity index (χ4v) is 2.80. The van der Waals surface area contributed by atoms with Gasteiger partial charge in [0.15, 0.2) is 5.78 Å². The molecule has 1 N–H and O–H groups in total. The molecule has 0 aromatic carbocycles. The van der Waals surface area contributed by atoms with Crippen molar-refractivity contribution in [2.45, 2.75) is 67.2 Å². The largest absolute Gasteiger partial charge is 0.349 e. The van der Waals surface area contributed by atoms with Crippen molar-refractivity contribution >= 4 is 11.7 Å². The van der Waals surface area contributed by atoms with E-state index in [1.54, 1.807) is 0 Å². The second-order valence-corrected chi connectivity index (χ2v) is 8.31. The molecule has 1 saturated carbocycles. The van der Waals surface area contributed by atoms with Gasteiger partial charge in [0.2, 0.25) is 5.91 Å². The van der Waals surface area contributed by atoms with Gasteiger partial charge in [-0.3, -0.25) is 9.59 Å². The molecule has 1 aliphatic rings. The van der Waals surface area contributed by atoms with Gasteiger partial charge in [-0.1, -0.05) is 41.5 Å². The Morgan fingerprint density at radius 2 is 1.45 bits per heavy atom. The molecule has 20 heavy (non-hydrogen) atoms. The predicted molar refractivity (Wildman–Crippen MR) is 82.4 cm³/mol. The highest BCUT2D eigenvalue weighted by atomic mass is 16.2. The average molecular weight is 281 g/mol. The normalized spacial score (nSPS) is 24.3. The van der Waals surface area contributed by atoms with Gasteiger partial charge in [0.05, 0.1) is 6.54 Å². The van der Waals surface area contributed by atoms with Crippen LogP contribution in [-0.4, -0.2) is 18.2 Å². The Labute approximate surface area is 123 Å². The molecule has 1 aliphatic carbocycles. The predicted octanol–water partition coefficient (Wildman–Crippen LogP) is 3.57. The zero-order valence-electron chi connectivity index (χ0n) is 14.0. The molecule has 0 unspecified atom stereocenters. The maximum absolute atomic E-state index is 12.1. The standard InChI is InChI=1S/C17H31NO2/c1-16(2,3)13-9-7-12(8-10-13)15(20)18-11-14(19)17(4,5)6/h12-13H,7-11H2,1-6H3,(H,18,20). The first-order chi connectivity index (χ1) is 9.01. The van der Waals surface area contributed by atoms with Gasteiger partial charge in [-0.25, -0.2) is 0 Å². The monoisotopic (exact) mass is 281 g/mol. The zero-order valence-corrected chi connectivity index (χ0v) is 14.0. The molecule has 0 aromatic heterocycles. The minimum atomic E-state index is -0.378. The van der Waals surface area contributed by atoms with E-state index in [-0.39, 0.29) is 29.6 Å². The lowest BCUT2D eigenvalue weighted by Gasteiger charge is -2.36. The number of ketones is 1. The molecule has 1 fully saturated rings. The number of Topliss-reactive ketones (excluding diaryl/α,β-unsaturated/α-hetero) is 1. The van der Waals surface area contributed by atoms with Crippen LogP contribution in [0.25, 0.3) is 0 Å². The molecule has 0 spiro atoms. The van der Waals surface area contributed by atoms with Crippen LogP contribution in [0.2, 0.25) is 0 Å². The number of carbonyl (C=O) groups is 2. The van der Waals surface area contributed by atoms with Crippen LogP contribution in [0.15, 0.2) is 0 Å². The fourth-order valence-electron chi connectivity index (χ4n) is 2.80. The average Bonchev–Trinajstić information content (AvgIpc) is 2.33. The maximum atomic E-state index is 12.1. The first-order valence-corrected chi connectivity index (χ1v) is 7.83. The summed E-state index contributed by atoms with van der Waals surface area (Å²) in [7, 11) is 0. The first kappa shape index (κ1) is 17.2. The van der Waals surface area contributed by atoms with E-state index >= 15 is 0 Å². The van der Waals surface area contributed by atoms with Gasteiger partial charge in [0.1, 0.15) is 0 Å². The molecule has 3 nitrogen and oxygen atoms in total. The van der Waals surface area contributed by atoms with Crippen LogP contribution in [0.5, 0.6) is 0 Å². The van der Waals surface area contributed by atoms with Crippen molar-refractivity contribution in [3.63, 3.8) is 0 Å². The summed E-state index contributed by atoms with van der Waals surface area (Å²) in [5.74, 6) is 0.966. The highest BCUT2D eigenvalue weighted by Crippen LogP contribution is 2.39. The van der Waals surface area contributed by atoms with Crippen LogP contribution in [-0.2, 0) is 9.59 Å². The Bertz CT molecular complexity index is 352. The fraction of sp³-hybridized carbons (Fsp3) is 0.882. The van der Waals surface area contributed by atoms with Crippen LogP contribution >= 0.6 is 0 Å². The first-order valence-electron chi connectivity index (χ1n) is 7.83. The van der Waals surface area contributed by atoms with Crippen molar-refractivity contribution < 1.29 is 9.59 Å². The Morgan fingerprint density at radius 3 is 1.85 bits per heavy atom. The van der Waals surface area contributed by atoms with Crippen molar-refractivity contribution in [3.8, 4) is 0 Å². The molecule has 0 heterocycles.